The van der Waals surface area contributed by atoms with Crippen molar-refractivity contribution in [3.05, 3.63) is 0 Å². The number of ether oxygens (including phenoxy) is 14. The van der Waals surface area contributed by atoms with Crippen molar-refractivity contribution in [3.8, 4) is 0 Å². The van der Waals surface area contributed by atoms with Crippen molar-refractivity contribution in [2.75, 3.05) is 178 Å². The molecule has 0 bridgehead atoms. The number of carbonyl (C=O) groups excluding carboxylic acids is 4. The van der Waals surface area contributed by atoms with Crippen LogP contribution in [0.25, 0.3) is 0 Å². The fourth-order valence-electron chi connectivity index (χ4n) is 8.89. The van der Waals surface area contributed by atoms with Gasteiger partial charge >= 0.3 is 15.6 Å². The van der Waals surface area contributed by atoms with Gasteiger partial charge in [0.1, 0.15) is 5.92 Å². The molecule has 4 rings (SSSR count). The summed E-state index contributed by atoms with van der Waals surface area (Å²) in [4.78, 5) is 85.8. The molecule has 12 atom stereocenters. The Kier molecular flexibility index (Phi) is 34.2. The quantitative estimate of drug-likeness (QED) is 0.0116. The maximum absolute atomic E-state index is 13.2. The topological polar surface area (TPSA) is 488 Å². The lowest BCUT2D eigenvalue weighted by atomic mass is 9.89. The van der Waals surface area contributed by atoms with Crippen LogP contribution >= 0.6 is 15.6 Å². The highest BCUT2D eigenvalue weighted by Crippen LogP contribution is 2.55. The zero-order valence-electron chi connectivity index (χ0n) is 46.3. The number of hydrogen-bond acceptors (Lipinski definition) is 28. The first kappa shape index (κ1) is 74.0. The second-order valence-corrected chi connectivity index (χ2v) is 21.5. The Bertz CT molecular complexity index is 1910. The molecule has 4 aliphatic rings. The van der Waals surface area contributed by atoms with Gasteiger partial charge in [0, 0.05) is 32.5 Å². The van der Waals surface area contributed by atoms with E-state index in [0.717, 1.165) is 0 Å². The molecule has 486 valence electrons. The minimum Gasteiger partial charge on any atom is -0.390 e. The molecule has 0 aromatic heterocycles. The summed E-state index contributed by atoms with van der Waals surface area (Å²) in [5.74, 6) is -12.6. The standard InChI is InChI=1S/C46H82BN3O32P2/c47-33(51)1-5-67-9-13-71-17-18-72-14-10-68-6-2-48-34(52)27-30(41(57)49-3-7-69-11-15-73-19-21-75-23-25-77-43-35-39(55)37(53)31(45(35,59)81-43)28-79-83(61,62)63)42(58)50-4-8-70-12-16-74-20-22-76-24-26-78-44-36-40(56)38(54)32(46(36,60)82-44)29-80-84(64,65)66/h30-32,35-40,43-44,53-56,59-60H,1-29H2,(H,48,52)(H,49,57)(H,50,58)(H2,61,62,63)(H2,64,65,66). The van der Waals surface area contributed by atoms with E-state index < -0.39 is 137 Å². The Hall–Kier alpha value is -2.44. The van der Waals surface area contributed by atoms with E-state index in [9.17, 15) is 58.9 Å². The van der Waals surface area contributed by atoms with E-state index in [4.69, 9.17) is 93.7 Å². The van der Waals surface area contributed by atoms with Crippen LogP contribution in [0, 0.1) is 29.6 Å². The molecule has 2 saturated heterocycles. The maximum atomic E-state index is 13.2. The average molecular weight is 1260 g/mol. The first-order valence-corrected chi connectivity index (χ1v) is 30.1. The van der Waals surface area contributed by atoms with Crippen LogP contribution in [0.1, 0.15) is 12.8 Å². The highest BCUT2D eigenvalue weighted by molar-refractivity contribution is 7.46. The molecule has 3 amide bonds. The molecule has 2 aliphatic carbocycles. The van der Waals surface area contributed by atoms with Crippen LogP contribution in [0.5, 0.6) is 0 Å². The van der Waals surface area contributed by atoms with Crippen LogP contribution in [0.15, 0.2) is 0 Å². The van der Waals surface area contributed by atoms with E-state index >= 15 is 0 Å². The molecule has 38 heteroatoms. The van der Waals surface area contributed by atoms with Crippen LogP contribution < -0.4 is 16.0 Å². The largest absolute Gasteiger partial charge is 0.469 e. The Balaban J connectivity index is 1.03. The molecule has 0 aromatic carbocycles. The molecule has 13 N–H and O–H groups in total. The van der Waals surface area contributed by atoms with E-state index in [1.165, 1.54) is 0 Å². The molecule has 2 heterocycles. The van der Waals surface area contributed by atoms with Crippen molar-refractivity contribution >= 4 is 46.9 Å². The second kappa shape index (κ2) is 38.9. The lowest BCUT2D eigenvalue weighted by molar-refractivity contribution is -0.439. The number of phosphoric ester groups is 2. The number of fused-ring (bicyclic) bond motifs is 2. The van der Waals surface area contributed by atoms with Gasteiger partial charge in [0.05, 0.1) is 212 Å². The molecule has 0 spiro atoms. The smallest absolute Gasteiger partial charge is 0.390 e. The molecule has 2 saturated carbocycles. The van der Waals surface area contributed by atoms with Gasteiger partial charge in [0.2, 0.25) is 17.7 Å². The third-order valence-electron chi connectivity index (χ3n) is 13.1. The summed E-state index contributed by atoms with van der Waals surface area (Å²) in [6.45, 7) is 2.00. The lowest BCUT2D eigenvalue weighted by Crippen LogP contribution is -2.64. The van der Waals surface area contributed by atoms with Crippen LogP contribution in [-0.2, 0) is 104 Å². The fourth-order valence-corrected chi connectivity index (χ4v) is 9.60. The SMILES string of the molecule is [B]C(=O)CCOCCOCCOCCOCCNC(=O)CC(C(=O)NCCOCCOCCOCCOC1OC2(O)C(COP(=O)(O)O)C(O)C(O)C12)C(=O)NCCOCCOCCOCCOC1OC2(O)C(COP(=O)(O)O)C(O)C(O)C12. The predicted octanol–water partition coefficient (Wildman–Crippen LogP) is -7.13. The van der Waals surface area contributed by atoms with Gasteiger partial charge in [-0.15, -0.1) is 0 Å². The summed E-state index contributed by atoms with van der Waals surface area (Å²) in [5, 5.41) is 70.5. The number of carbonyl (C=O) groups is 4. The summed E-state index contributed by atoms with van der Waals surface area (Å²) in [5.41, 5.74) is -0.448. The molecule has 35 nitrogen and oxygen atoms in total. The van der Waals surface area contributed by atoms with E-state index in [1.54, 1.807) is 0 Å². The molecule has 0 aromatic rings. The number of aliphatic hydroxyl groups is 6. The van der Waals surface area contributed by atoms with Crippen molar-refractivity contribution < 1.29 is 154 Å². The molecular weight excluding hydrogens is 1180 g/mol. The van der Waals surface area contributed by atoms with Gasteiger partial charge < -0.3 is 137 Å². The monoisotopic (exact) mass is 1260 g/mol. The average Bonchev–Trinajstić information content (AvgIpc) is 2.05. The highest BCUT2D eigenvalue weighted by atomic mass is 31.2. The van der Waals surface area contributed by atoms with Crippen LogP contribution in [0.3, 0.4) is 0 Å². The predicted molar refractivity (Wildman–Crippen MR) is 276 cm³/mol. The van der Waals surface area contributed by atoms with Gasteiger partial charge in [-0.25, -0.2) is 9.13 Å². The Labute approximate surface area is 484 Å². The fraction of sp³-hybridized carbons (Fsp3) is 0.913. The summed E-state index contributed by atoms with van der Waals surface area (Å²) in [6.07, 6.45) is -8.79. The number of amides is 3. The first-order valence-electron chi connectivity index (χ1n) is 27.0. The highest BCUT2D eigenvalue weighted by Gasteiger charge is 2.72. The van der Waals surface area contributed by atoms with Gasteiger partial charge in [0.15, 0.2) is 32.0 Å². The second-order valence-electron chi connectivity index (χ2n) is 19.0. The first-order chi connectivity index (χ1) is 40.0. The van der Waals surface area contributed by atoms with Gasteiger partial charge in [-0.3, -0.25) is 23.4 Å². The molecule has 2 radical (unpaired) electrons. The van der Waals surface area contributed by atoms with Crippen molar-refractivity contribution in [1.82, 2.24) is 16.0 Å². The number of rotatable bonds is 51. The Morgan fingerprint density at radius 1 is 0.452 bits per heavy atom. The van der Waals surface area contributed by atoms with Crippen molar-refractivity contribution in [1.29, 1.82) is 0 Å². The van der Waals surface area contributed by atoms with E-state index in [0.29, 0.717) is 26.4 Å². The maximum Gasteiger partial charge on any atom is 0.469 e. The summed E-state index contributed by atoms with van der Waals surface area (Å²) in [6, 6.07) is 0. The molecule has 12 unspecified atom stereocenters. The van der Waals surface area contributed by atoms with Gasteiger partial charge in [0.25, 0.3) is 0 Å². The van der Waals surface area contributed by atoms with Crippen molar-refractivity contribution in [2.24, 2.45) is 29.6 Å². The molecular formula is C46H82BN3O32P2. The summed E-state index contributed by atoms with van der Waals surface area (Å²) >= 11 is 0. The molecule has 84 heavy (non-hydrogen) atoms. The number of nitrogens with one attached hydrogen (secondary N) is 3. The molecule has 2 aliphatic heterocycles. The van der Waals surface area contributed by atoms with Crippen molar-refractivity contribution in [3.63, 3.8) is 0 Å². The summed E-state index contributed by atoms with van der Waals surface area (Å²) in [7, 11) is -4.78. The molecule has 4 fully saturated rings. The zero-order valence-corrected chi connectivity index (χ0v) is 48.1. The van der Waals surface area contributed by atoms with Crippen molar-refractivity contribution in [2.45, 2.75) is 61.4 Å². The van der Waals surface area contributed by atoms with E-state index in [2.05, 4.69) is 25.0 Å². The minimum absolute atomic E-state index is 0.00685. The minimum atomic E-state index is -4.91. The van der Waals surface area contributed by atoms with Crippen LogP contribution in [-0.4, -0.2) is 308 Å². The van der Waals surface area contributed by atoms with Gasteiger partial charge in [-0.1, -0.05) is 0 Å². The third kappa shape index (κ3) is 26.0. The van der Waals surface area contributed by atoms with Gasteiger partial charge in [-0.2, -0.15) is 0 Å². The third-order valence-corrected chi connectivity index (χ3v) is 14.1. The normalized spacial score (nSPS) is 27.6. The van der Waals surface area contributed by atoms with Crippen LogP contribution in [0.2, 0.25) is 0 Å². The number of hydrogen-bond donors (Lipinski definition) is 13. The van der Waals surface area contributed by atoms with E-state index in [-0.39, 0.29) is 145 Å². The number of phosphoric acid groups is 2. The van der Waals surface area contributed by atoms with Gasteiger partial charge in [-0.05, 0) is 0 Å². The number of aliphatic hydroxyl groups excluding tert-OH is 4. The lowest BCUT2D eigenvalue weighted by Gasteiger charge is -2.49. The zero-order chi connectivity index (χ0) is 61.6. The Morgan fingerprint density at radius 2 is 0.750 bits per heavy atom. The van der Waals surface area contributed by atoms with E-state index in [1.807, 2.05) is 0 Å². The van der Waals surface area contributed by atoms with Crippen LogP contribution in [0.4, 0.5) is 0 Å². The summed E-state index contributed by atoms with van der Waals surface area (Å²) < 4.78 is 107. The Morgan fingerprint density at radius 3 is 1.07 bits per heavy atom.